The van der Waals surface area contributed by atoms with Crippen LogP contribution < -0.4 is 5.32 Å². The smallest absolute Gasteiger partial charge is 0.230 e. The van der Waals surface area contributed by atoms with Crippen LogP contribution in [-0.2, 0) is 6.54 Å². The van der Waals surface area contributed by atoms with E-state index in [1.165, 1.54) is 32.1 Å². The highest BCUT2D eigenvalue weighted by Crippen LogP contribution is 2.72. The molecule has 4 aliphatic carbocycles. The van der Waals surface area contributed by atoms with Crippen LogP contribution in [0.4, 0.5) is 0 Å². The van der Waals surface area contributed by atoms with Gasteiger partial charge in [0.2, 0.25) is 11.8 Å². The first kappa shape index (κ1) is 9.96. The van der Waals surface area contributed by atoms with Crippen LogP contribution in [0.25, 0.3) is 0 Å². The Morgan fingerprint density at radius 2 is 1.83 bits per heavy atom. The molecule has 0 radical (unpaired) electrons. The van der Waals surface area contributed by atoms with E-state index in [1.807, 2.05) is 0 Å². The van der Waals surface area contributed by atoms with Crippen molar-refractivity contribution in [2.24, 2.45) is 23.7 Å². The molecule has 2 bridgehead atoms. The van der Waals surface area contributed by atoms with Gasteiger partial charge in [0.1, 0.15) is 0 Å². The molecule has 18 heavy (non-hydrogen) atoms. The summed E-state index contributed by atoms with van der Waals surface area (Å²) < 4.78 is 5.86. The van der Waals surface area contributed by atoms with E-state index >= 15 is 0 Å². The number of nitrogens with zero attached hydrogens (tertiary/aromatic N) is 2. The normalized spacial score (nSPS) is 44.3. The van der Waals surface area contributed by atoms with Crippen LogP contribution in [0.2, 0.25) is 0 Å². The van der Waals surface area contributed by atoms with Gasteiger partial charge in [-0.3, -0.25) is 0 Å². The van der Waals surface area contributed by atoms with Gasteiger partial charge in [-0.25, -0.2) is 0 Å². The lowest BCUT2D eigenvalue weighted by molar-refractivity contribution is 0.400. The van der Waals surface area contributed by atoms with Crippen LogP contribution in [0.5, 0.6) is 0 Å². The van der Waals surface area contributed by atoms with Crippen molar-refractivity contribution in [3.05, 3.63) is 11.8 Å². The van der Waals surface area contributed by atoms with Gasteiger partial charge in [-0.15, -0.1) is 10.2 Å². The molecule has 4 aliphatic rings. The lowest BCUT2D eigenvalue weighted by Gasteiger charge is -2.04. The maximum absolute atomic E-state index is 5.86. The summed E-state index contributed by atoms with van der Waals surface area (Å²) in [6.07, 6.45) is 6.99. The minimum atomic E-state index is 0.624. The van der Waals surface area contributed by atoms with Gasteiger partial charge in [0.05, 0.1) is 6.54 Å². The summed E-state index contributed by atoms with van der Waals surface area (Å²) in [6.45, 7) is 0.757. The highest BCUT2D eigenvalue weighted by atomic mass is 16.4. The molecule has 96 valence electrons. The van der Waals surface area contributed by atoms with Crippen molar-refractivity contribution in [2.45, 2.75) is 50.6 Å². The van der Waals surface area contributed by atoms with Gasteiger partial charge in [-0.05, 0) is 55.8 Å². The van der Waals surface area contributed by atoms with Crippen molar-refractivity contribution in [3.8, 4) is 0 Å². The molecule has 0 saturated heterocycles. The molecule has 0 aromatic carbocycles. The lowest BCUT2D eigenvalue weighted by Crippen LogP contribution is -2.15. The minimum absolute atomic E-state index is 0.624. The van der Waals surface area contributed by atoms with Crippen molar-refractivity contribution in [3.63, 3.8) is 0 Å². The van der Waals surface area contributed by atoms with E-state index in [1.54, 1.807) is 0 Å². The zero-order chi connectivity index (χ0) is 11.7. The van der Waals surface area contributed by atoms with Crippen molar-refractivity contribution < 1.29 is 4.42 Å². The Morgan fingerprint density at radius 1 is 1.06 bits per heavy atom. The van der Waals surface area contributed by atoms with E-state index in [-0.39, 0.29) is 0 Å². The zero-order valence-corrected chi connectivity index (χ0v) is 10.5. The van der Waals surface area contributed by atoms with E-state index in [9.17, 15) is 0 Å². The number of nitrogens with one attached hydrogen (secondary N) is 1. The average Bonchev–Trinajstić information content (AvgIpc) is 3.23. The quantitative estimate of drug-likeness (QED) is 0.882. The Hall–Kier alpha value is -0.900. The van der Waals surface area contributed by atoms with Gasteiger partial charge in [-0.1, -0.05) is 0 Å². The van der Waals surface area contributed by atoms with Gasteiger partial charge in [-0.2, -0.15) is 0 Å². The molecule has 4 fully saturated rings. The summed E-state index contributed by atoms with van der Waals surface area (Å²) in [5.41, 5.74) is 0. The maximum atomic E-state index is 5.86. The van der Waals surface area contributed by atoms with Crippen molar-refractivity contribution in [1.82, 2.24) is 15.5 Å². The minimum Gasteiger partial charge on any atom is -0.424 e. The number of fused-ring (bicyclic) bond motifs is 5. The standard InChI is InChI=1S/C14H19N3O/c1-2-8-5-7(1)11-12(8)13(11)14-17-16-10(18-14)6-15-9-3-4-9/h7-9,11-13,15H,1-6H2. The third kappa shape index (κ3) is 1.35. The third-order valence-corrected chi connectivity index (χ3v) is 5.62. The molecule has 0 amide bonds. The second-order valence-electron chi connectivity index (χ2n) is 6.70. The number of hydrogen-bond donors (Lipinski definition) is 1. The van der Waals surface area contributed by atoms with Crippen LogP contribution >= 0.6 is 0 Å². The fourth-order valence-corrected chi connectivity index (χ4v) is 4.65. The summed E-state index contributed by atoms with van der Waals surface area (Å²) >= 11 is 0. The van der Waals surface area contributed by atoms with E-state index in [0.29, 0.717) is 12.0 Å². The van der Waals surface area contributed by atoms with Crippen LogP contribution in [0.3, 0.4) is 0 Å². The van der Waals surface area contributed by atoms with E-state index in [0.717, 1.165) is 42.0 Å². The van der Waals surface area contributed by atoms with Gasteiger partial charge in [0, 0.05) is 12.0 Å². The molecule has 1 heterocycles. The summed E-state index contributed by atoms with van der Waals surface area (Å²) in [5.74, 6) is 6.10. The predicted molar refractivity (Wildman–Crippen MR) is 64.7 cm³/mol. The number of aromatic nitrogens is 2. The second kappa shape index (κ2) is 3.35. The zero-order valence-electron chi connectivity index (χ0n) is 10.5. The first-order chi connectivity index (χ1) is 8.90. The molecule has 0 aliphatic heterocycles. The van der Waals surface area contributed by atoms with Gasteiger partial charge in [0.25, 0.3) is 0 Å². The van der Waals surface area contributed by atoms with E-state index in [2.05, 4.69) is 15.5 Å². The Kier molecular flexibility index (Phi) is 1.85. The molecular weight excluding hydrogens is 226 g/mol. The Balaban J connectivity index is 1.30. The SMILES string of the molecule is C(NC1CC1)c1nnc(C2C3C4CCC(C4)C23)o1. The molecule has 5 rings (SSSR count). The predicted octanol–water partition coefficient (Wildman–Crippen LogP) is 2.08. The topological polar surface area (TPSA) is 51.0 Å². The summed E-state index contributed by atoms with van der Waals surface area (Å²) in [4.78, 5) is 0. The summed E-state index contributed by atoms with van der Waals surface area (Å²) in [6, 6.07) is 0.705. The third-order valence-electron chi connectivity index (χ3n) is 5.62. The molecular formula is C14H19N3O. The van der Waals surface area contributed by atoms with Crippen molar-refractivity contribution in [2.75, 3.05) is 0 Å². The van der Waals surface area contributed by atoms with Crippen LogP contribution in [-0.4, -0.2) is 16.2 Å². The second-order valence-corrected chi connectivity index (χ2v) is 6.70. The monoisotopic (exact) mass is 245 g/mol. The fourth-order valence-electron chi connectivity index (χ4n) is 4.65. The molecule has 4 atom stereocenters. The Labute approximate surface area is 107 Å². The Morgan fingerprint density at radius 3 is 2.56 bits per heavy atom. The molecule has 1 aromatic heterocycles. The van der Waals surface area contributed by atoms with E-state index in [4.69, 9.17) is 4.42 Å². The summed E-state index contributed by atoms with van der Waals surface area (Å²) in [5, 5.41) is 11.9. The lowest BCUT2D eigenvalue weighted by atomic mass is 10.0. The van der Waals surface area contributed by atoms with Crippen molar-refractivity contribution >= 4 is 0 Å². The molecule has 1 N–H and O–H groups in total. The molecule has 4 heteroatoms. The maximum Gasteiger partial charge on any atom is 0.230 e. The first-order valence-corrected chi connectivity index (χ1v) is 7.46. The van der Waals surface area contributed by atoms with Gasteiger partial charge in [0.15, 0.2) is 0 Å². The molecule has 4 unspecified atom stereocenters. The summed E-state index contributed by atoms with van der Waals surface area (Å²) in [7, 11) is 0. The highest BCUT2D eigenvalue weighted by Gasteiger charge is 2.67. The molecule has 1 aromatic rings. The van der Waals surface area contributed by atoms with Crippen LogP contribution in [0.15, 0.2) is 4.42 Å². The number of hydrogen-bond acceptors (Lipinski definition) is 4. The van der Waals surface area contributed by atoms with Gasteiger partial charge < -0.3 is 9.73 Å². The first-order valence-electron chi connectivity index (χ1n) is 7.46. The van der Waals surface area contributed by atoms with Crippen LogP contribution in [0, 0.1) is 23.7 Å². The van der Waals surface area contributed by atoms with E-state index < -0.39 is 0 Å². The average molecular weight is 245 g/mol. The van der Waals surface area contributed by atoms with Gasteiger partial charge >= 0.3 is 0 Å². The highest BCUT2D eigenvalue weighted by molar-refractivity contribution is 5.22. The Bertz CT molecular complexity index is 465. The number of rotatable bonds is 4. The largest absolute Gasteiger partial charge is 0.424 e. The fraction of sp³-hybridized carbons (Fsp3) is 0.857. The molecule has 4 nitrogen and oxygen atoms in total. The van der Waals surface area contributed by atoms with Crippen LogP contribution in [0.1, 0.15) is 49.8 Å². The van der Waals surface area contributed by atoms with Crippen molar-refractivity contribution in [1.29, 1.82) is 0 Å². The molecule has 0 spiro atoms. The molecule has 4 saturated carbocycles.